The van der Waals surface area contributed by atoms with Crippen LogP contribution < -0.4 is 48.7 Å². The summed E-state index contributed by atoms with van der Waals surface area (Å²) in [4.78, 5) is 132. The van der Waals surface area contributed by atoms with E-state index in [1.54, 1.807) is 13.8 Å². The van der Waals surface area contributed by atoms with E-state index in [1.807, 2.05) is 0 Å². The predicted molar refractivity (Wildman–Crippen MR) is 234 cm³/mol. The number of aromatic hydroxyl groups is 1. The van der Waals surface area contributed by atoms with E-state index in [0.29, 0.717) is 18.4 Å². The lowest BCUT2D eigenvalue weighted by Crippen LogP contribution is -2.66. The van der Waals surface area contributed by atoms with Crippen LogP contribution in [0.3, 0.4) is 0 Å². The van der Waals surface area contributed by atoms with Gasteiger partial charge in [0.2, 0.25) is 53.2 Å². The fourth-order valence-corrected chi connectivity index (χ4v) is 8.59. The van der Waals surface area contributed by atoms with Crippen molar-refractivity contribution < 1.29 is 62.4 Å². The van der Waals surface area contributed by atoms with E-state index in [0.717, 1.165) is 6.42 Å². The van der Waals surface area contributed by atoms with Gasteiger partial charge >= 0.3 is 5.97 Å². The van der Waals surface area contributed by atoms with Crippen molar-refractivity contribution in [2.75, 3.05) is 18.1 Å². The van der Waals surface area contributed by atoms with Gasteiger partial charge in [0, 0.05) is 36.6 Å². The number of carboxylic acid groups (broad SMARTS) is 1. The maximum atomic E-state index is 14.5. The standard InChI is InChI=1S/C42H63N9O13S/c1-24(2)19-28-39(61)49-29(20-25-12-14-26(52)15-13-25)40(62)51-42(16-5-3-6-17-42)41(63)50-30(21-32(43)53)37(59)45-18-7-4-10-33(54)47-31(36(44)58)22-65(64)23-34(55)46-27(38(60)48-28)9-8-11-35(56)57/h12-15,24,27-31,52H,3-11,16-23H2,1-2H3,(H2,43,53)(H2,44,58)(H,45,59)(H,46,55)(H,47,54)(H,48,60)(H,49,61)(H,50,63)(H,51,62)(H,56,57)/t27-,28-,29-,30-,31+,65?/m0/s1. The van der Waals surface area contributed by atoms with Crippen LogP contribution in [0.2, 0.25) is 0 Å². The van der Waals surface area contributed by atoms with Crippen molar-refractivity contribution in [3.63, 3.8) is 0 Å². The van der Waals surface area contributed by atoms with Crippen LogP contribution in [0.5, 0.6) is 5.75 Å². The van der Waals surface area contributed by atoms with E-state index in [1.165, 1.54) is 24.3 Å². The fraction of sp³-hybridized carbons (Fsp3) is 0.619. The molecule has 2 aliphatic rings. The van der Waals surface area contributed by atoms with Crippen LogP contribution in [0, 0.1) is 5.92 Å². The topological polar surface area (TPSA) is 364 Å². The second-order valence-electron chi connectivity index (χ2n) is 16.9. The number of nitrogens with one attached hydrogen (secondary N) is 7. The molecule has 1 spiro atoms. The summed E-state index contributed by atoms with van der Waals surface area (Å²) in [7, 11) is -2.12. The van der Waals surface area contributed by atoms with Crippen LogP contribution in [0.4, 0.5) is 0 Å². The third-order valence-electron chi connectivity index (χ3n) is 10.9. The van der Waals surface area contributed by atoms with Crippen LogP contribution in [-0.4, -0.2) is 127 Å². The van der Waals surface area contributed by atoms with Gasteiger partial charge in [-0.15, -0.1) is 0 Å². The van der Waals surface area contributed by atoms with Gasteiger partial charge in [-0.3, -0.25) is 52.2 Å². The summed E-state index contributed by atoms with van der Waals surface area (Å²) < 4.78 is 13.1. The van der Waals surface area contributed by atoms with Gasteiger partial charge < -0.3 is 58.9 Å². The van der Waals surface area contributed by atoms with Crippen LogP contribution in [0.1, 0.15) is 103 Å². The summed E-state index contributed by atoms with van der Waals surface area (Å²) >= 11 is 0. The first kappa shape index (κ1) is 53.2. The number of carbonyl (C=O) groups is 10. The second kappa shape index (κ2) is 26.0. The van der Waals surface area contributed by atoms with E-state index in [2.05, 4.69) is 37.2 Å². The number of phenols is 1. The molecule has 0 radical (unpaired) electrons. The number of hydrogen-bond donors (Lipinski definition) is 11. The highest BCUT2D eigenvalue weighted by molar-refractivity contribution is 7.85. The van der Waals surface area contributed by atoms with Crippen molar-refractivity contribution in [1.29, 1.82) is 0 Å². The lowest BCUT2D eigenvalue weighted by Gasteiger charge is -2.38. The number of aliphatic carboxylic acids is 1. The predicted octanol–water partition coefficient (Wildman–Crippen LogP) is -2.11. The highest BCUT2D eigenvalue weighted by Crippen LogP contribution is 2.29. The first-order chi connectivity index (χ1) is 30.7. The van der Waals surface area contributed by atoms with E-state index in [-0.39, 0.29) is 82.4 Å². The maximum absolute atomic E-state index is 14.5. The highest BCUT2D eigenvalue weighted by Gasteiger charge is 2.44. The third kappa shape index (κ3) is 18.5. The minimum atomic E-state index is -2.12. The molecule has 1 aliphatic heterocycles. The van der Waals surface area contributed by atoms with Crippen molar-refractivity contribution in [1.82, 2.24) is 37.2 Å². The number of nitrogens with two attached hydrogens (primary N) is 2. The Morgan fingerprint density at radius 2 is 1.42 bits per heavy atom. The summed E-state index contributed by atoms with van der Waals surface area (Å²) in [6, 6.07) is -1.28. The molecule has 13 N–H and O–H groups in total. The SMILES string of the molecule is CC(C)C[C@@H]1NC(=O)[C@H](CCCC(=O)O)NC(=O)CS(=O)C[C@H](C(N)=O)NC(=O)CCCCNC(=O)[C@H](CC(N)=O)NC(=O)C2(CCCCC2)NC(=O)[C@H](Cc2ccc(O)cc2)NC1=O. The van der Waals surface area contributed by atoms with Crippen molar-refractivity contribution in [2.45, 2.75) is 139 Å². The molecule has 0 aromatic heterocycles. The Labute approximate surface area is 379 Å². The first-order valence-corrected chi connectivity index (χ1v) is 23.2. The third-order valence-corrected chi connectivity index (χ3v) is 12.2. The number of hydrogen-bond acceptors (Lipinski definition) is 12. The summed E-state index contributed by atoms with van der Waals surface area (Å²) in [5.74, 6) is -10.4. The largest absolute Gasteiger partial charge is 0.508 e. The van der Waals surface area contributed by atoms with E-state index < -0.39 is 124 Å². The molecule has 9 amide bonds. The lowest BCUT2D eigenvalue weighted by molar-refractivity contribution is -0.139. The molecule has 0 bridgehead atoms. The van der Waals surface area contributed by atoms with E-state index in [4.69, 9.17) is 11.5 Å². The molecule has 3 rings (SSSR count). The number of rotatable bonds is 11. The van der Waals surface area contributed by atoms with Gasteiger partial charge in [0.05, 0.1) is 12.2 Å². The zero-order valence-electron chi connectivity index (χ0n) is 36.7. The monoisotopic (exact) mass is 933 g/mol. The molecule has 23 heteroatoms. The fourth-order valence-electron chi connectivity index (χ4n) is 7.48. The van der Waals surface area contributed by atoms with Gasteiger partial charge in [-0.05, 0) is 68.6 Å². The Balaban J connectivity index is 2.07. The normalized spacial score (nSPS) is 25.1. The molecule has 1 heterocycles. The second-order valence-corrected chi connectivity index (χ2v) is 18.4. The molecule has 1 unspecified atom stereocenters. The molecule has 1 saturated carbocycles. The quantitative estimate of drug-likeness (QED) is 0.113. The van der Waals surface area contributed by atoms with E-state index >= 15 is 0 Å². The van der Waals surface area contributed by atoms with Crippen LogP contribution in [0.15, 0.2) is 24.3 Å². The number of primary amides is 2. The Morgan fingerprint density at radius 1 is 0.769 bits per heavy atom. The molecule has 1 saturated heterocycles. The lowest BCUT2D eigenvalue weighted by atomic mass is 9.80. The van der Waals surface area contributed by atoms with Gasteiger partial charge in [-0.2, -0.15) is 0 Å². The van der Waals surface area contributed by atoms with E-state index in [9.17, 15) is 62.4 Å². The molecule has 360 valence electrons. The van der Waals surface area contributed by atoms with Gasteiger partial charge in [0.15, 0.2) is 0 Å². The zero-order valence-corrected chi connectivity index (χ0v) is 37.6. The van der Waals surface area contributed by atoms with Gasteiger partial charge in [-0.1, -0.05) is 45.2 Å². The number of benzene rings is 1. The Hall–Kier alpha value is -6.13. The molecule has 1 aromatic rings. The summed E-state index contributed by atoms with van der Waals surface area (Å²) in [6.07, 6.45) is 0.765. The van der Waals surface area contributed by atoms with Gasteiger partial charge in [-0.25, -0.2) is 0 Å². The summed E-state index contributed by atoms with van der Waals surface area (Å²) in [6.45, 7) is 3.51. The molecule has 65 heavy (non-hydrogen) atoms. The minimum Gasteiger partial charge on any atom is -0.508 e. The average Bonchev–Trinajstić information content (AvgIpc) is 3.22. The Kier molecular flexibility index (Phi) is 21.3. The highest BCUT2D eigenvalue weighted by atomic mass is 32.2. The minimum absolute atomic E-state index is 0.0113. The van der Waals surface area contributed by atoms with Crippen molar-refractivity contribution in [3.05, 3.63) is 29.8 Å². The van der Waals surface area contributed by atoms with Crippen LogP contribution in [0.25, 0.3) is 0 Å². The molecule has 1 aliphatic carbocycles. The molecule has 1 aromatic carbocycles. The van der Waals surface area contributed by atoms with Crippen LogP contribution in [-0.2, 0) is 65.2 Å². The number of carbonyl (C=O) groups excluding carboxylic acids is 9. The van der Waals surface area contributed by atoms with Gasteiger partial charge in [0.25, 0.3) is 0 Å². The zero-order chi connectivity index (χ0) is 48.3. The van der Waals surface area contributed by atoms with Crippen LogP contribution >= 0.6 is 0 Å². The van der Waals surface area contributed by atoms with Crippen molar-refractivity contribution in [2.24, 2.45) is 17.4 Å². The molecule has 2 fully saturated rings. The first-order valence-electron chi connectivity index (χ1n) is 21.7. The van der Waals surface area contributed by atoms with Crippen molar-refractivity contribution >= 4 is 69.9 Å². The summed E-state index contributed by atoms with van der Waals surface area (Å²) in [5.41, 5.74) is 9.79. The average molecular weight is 934 g/mol. The Morgan fingerprint density at radius 3 is 2.03 bits per heavy atom. The molecule has 6 atom stereocenters. The van der Waals surface area contributed by atoms with Gasteiger partial charge in [0.1, 0.15) is 47.3 Å². The maximum Gasteiger partial charge on any atom is 0.303 e. The molecular formula is C42H63N9O13S. The number of amides is 9. The summed E-state index contributed by atoms with van der Waals surface area (Å²) in [5, 5.41) is 37.3. The van der Waals surface area contributed by atoms with Crippen molar-refractivity contribution in [3.8, 4) is 5.75 Å². The smallest absolute Gasteiger partial charge is 0.303 e. The number of carboxylic acids is 1. The Bertz CT molecular complexity index is 1920. The number of phenolic OH excluding ortho intramolecular Hbond substituents is 1. The molecular weight excluding hydrogens is 871 g/mol. The molecule has 22 nitrogen and oxygen atoms in total.